The van der Waals surface area contributed by atoms with Crippen LogP contribution in [0.25, 0.3) is 10.9 Å². The molecule has 0 bridgehead atoms. The summed E-state index contributed by atoms with van der Waals surface area (Å²) < 4.78 is 0.980. The first-order chi connectivity index (χ1) is 8.17. The number of halogens is 2. The standard InChI is InChI=1S/C12H9ClIN3/c1-2-16-11-7(5-15)6-17-12-9(11)3-8(13)4-10(12)14/h3-4,6H,2H2,1H3,(H,16,17). The van der Waals surface area contributed by atoms with Crippen molar-refractivity contribution in [3.8, 4) is 6.07 Å². The normalized spacial score (nSPS) is 10.2. The van der Waals surface area contributed by atoms with Gasteiger partial charge in [-0.15, -0.1) is 0 Å². The smallest absolute Gasteiger partial charge is 0.103 e. The van der Waals surface area contributed by atoms with Crippen LogP contribution in [0.2, 0.25) is 5.02 Å². The van der Waals surface area contributed by atoms with Crippen LogP contribution in [-0.4, -0.2) is 11.5 Å². The van der Waals surface area contributed by atoms with Crippen molar-refractivity contribution in [3.63, 3.8) is 0 Å². The number of rotatable bonds is 2. The Hall–Kier alpha value is -1.06. The van der Waals surface area contributed by atoms with Crippen LogP contribution in [0.3, 0.4) is 0 Å². The van der Waals surface area contributed by atoms with E-state index in [9.17, 15) is 0 Å². The van der Waals surface area contributed by atoms with Gasteiger partial charge in [0.2, 0.25) is 0 Å². The first-order valence-corrected chi connectivity index (χ1v) is 6.54. The number of anilines is 1. The molecule has 0 saturated carbocycles. The number of pyridine rings is 1. The van der Waals surface area contributed by atoms with Gasteiger partial charge < -0.3 is 5.32 Å². The first kappa shape index (κ1) is 12.4. The maximum absolute atomic E-state index is 9.08. The Kier molecular flexibility index (Phi) is 3.69. The highest BCUT2D eigenvalue weighted by Gasteiger charge is 2.11. The van der Waals surface area contributed by atoms with E-state index in [0.717, 1.165) is 26.7 Å². The van der Waals surface area contributed by atoms with E-state index in [1.54, 1.807) is 6.20 Å². The number of hydrogen-bond donors (Lipinski definition) is 1. The van der Waals surface area contributed by atoms with Gasteiger partial charge in [-0.1, -0.05) is 11.6 Å². The number of nitrogens with one attached hydrogen (secondary N) is 1. The number of hydrogen-bond acceptors (Lipinski definition) is 3. The summed E-state index contributed by atoms with van der Waals surface area (Å²) in [4.78, 5) is 4.31. The van der Waals surface area contributed by atoms with Crippen molar-refractivity contribution in [2.45, 2.75) is 6.92 Å². The van der Waals surface area contributed by atoms with Gasteiger partial charge in [-0.05, 0) is 41.6 Å². The van der Waals surface area contributed by atoms with Crippen molar-refractivity contribution in [1.82, 2.24) is 4.98 Å². The molecule has 1 aromatic heterocycles. The molecule has 17 heavy (non-hydrogen) atoms. The summed E-state index contributed by atoms with van der Waals surface area (Å²) in [5, 5.41) is 13.8. The summed E-state index contributed by atoms with van der Waals surface area (Å²) in [6.45, 7) is 2.74. The van der Waals surface area contributed by atoms with Gasteiger partial charge in [0.1, 0.15) is 6.07 Å². The molecule has 2 rings (SSSR count). The molecule has 3 nitrogen and oxygen atoms in total. The van der Waals surface area contributed by atoms with Crippen LogP contribution < -0.4 is 5.32 Å². The number of fused-ring (bicyclic) bond motifs is 1. The number of nitrogens with zero attached hydrogens (tertiary/aromatic N) is 2. The molecule has 0 unspecified atom stereocenters. The molecule has 0 atom stereocenters. The van der Waals surface area contributed by atoms with Crippen molar-refractivity contribution < 1.29 is 0 Å². The second-order valence-corrected chi connectivity index (χ2v) is 5.07. The van der Waals surface area contributed by atoms with Crippen molar-refractivity contribution >= 4 is 50.8 Å². The third-order valence-electron chi connectivity index (χ3n) is 2.36. The molecule has 0 radical (unpaired) electrons. The number of aromatic nitrogens is 1. The Morgan fingerprint density at radius 3 is 2.94 bits per heavy atom. The molecular weight excluding hydrogens is 349 g/mol. The highest BCUT2D eigenvalue weighted by molar-refractivity contribution is 14.1. The minimum absolute atomic E-state index is 0.539. The minimum atomic E-state index is 0.539. The zero-order valence-corrected chi connectivity index (χ0v) is 12.0. The lowest BCUT2D eigenvalue weighted by molar-refractivity contribution is 1.21. The van der Waals surface area contributed by atoms with Crippen molar-refractivity contribution in [2.24, 2.45) is 0 Å². The molecule has 0 fully saturated rings. The average molecular weight is 358 g/mol. The van der Waals surface area contributed by atoms with E-state index in [1.807, 2.05) is 19.1 Å². The summed E-state index contributed by atoms with van der Waals surface area (Å²) in [6.07, 6.45) is 1.59. The van der Waals surface area contributed by atoms with Gasteiger partial charge in [0.25, 0.3) is 0 Å². The fourth-order valence-corrected chi connectivity index (χ4v) is 2.85. The maximum atomic E-state index is 9.08. The van der Waals surface area contributed by atoms with Gasteiger partial charge in [0, 0.05) is 26.7 Å². The molecule has 0 saturated heterocycles. The molecule has 5 heteroatoms. The van der Waals surface area contributed by atoms with Gasteiger partial charge in [-0.25, -0.2) is 0 Å². The Bertz CT molecular complexity index is 619. The van der Waals surface area contributed by atoms with Crippen LogP contribution in [0.1, 0.15) is 12.5 Å². The zero-order chi connectivity index (χ0) is 12.4. The lowest BCUT2D eigenvalue weighted by atomic mass is 10.1. The molecule has 86 valence electrons. The van der Waals surface area contributed by atoms with Crippen LogP contribution in [0.15, 0.2) is 18.3 Å². The Morgan fingerprint density at radius 1 is 1.53 bits per heavy atom. The quantitative estimate of drug-likeness (QED) is 0.832. The predicted molar refractivity (Wildman–Crippen MR) is 78.3 cm³/mol. The molecule has 0 amide bonds. The lowest BCUT2D eigenvalue weighted by Gasteiger charge is -2.10. The second kappa shape index (κ2) is 5.07. The summed E-state index contributed by atoms with van der Waals surface area (Å²) >= 11 is 8.24. The summed E-state index contributed by atoms with van der Waals surface area (Å²) in [7, 11) is 0. The van der Waals surface area contributed by atoms with Gasteiger partial charge in [-0.2, -0.15) is 5.26 Å². The van der Waals surface area contributed by atoms with E-state index >= 15 is 0 Å². The fourth-order valence-electron chi connectivity index (χ4n) is 1.68. The molecule has 0 aliphatic heterocycles. The maximum Gasteiger partial charge on any atom is 0.103 e. The van der Waals surface area contributed by atoms with Crippen LogP contribution in [-0.2, 0) is 0 Å². The molecule has 0 aliphatic rings. The molecule has 1 N–H and O–H groups in total. The molecule has 2 aromatic rings. The SMILES string of the molecule is CCNc1c(C#N)cnc2c(I)cc(Cl)cc12. The second-order valence-electron chi connectivity index (χ2n) is 3.47. The molecule has 0 spiro atoms. The highest BCUT2D eigenvalue weighted by Crippen LogP contribution is 2.31. The van der Waals surface area contributed by atoms with Gasteiger partial charge in [-0.3, -0.25) is 4.98 Å². The average Bonchev–Trinajstić information content (AvgIpc) is 2.30. The topological polar surface area (TPSA) is 48.7 Å². The molecule has 1 aromatic carbocycles. The predicted octanol–water partition coefficient (Wildman–Crippen LogP) is 3.80. The van der Waals surface area contributed by atoms with Gasteiger partial charge in [0.15, 0.2) is 0 Å². The lowest BCUT2D eigenvalue weighted by Crippen LogP contribution is -2.01. The third-order valence-corrected chi connectivity index (χ3v) is 3.40. The third kappa shape index (κ3) is 2.31. The van der Waals surface area contributed by atoms with Gasteiger partial charge in [0.05, 0.1) is 16.8 Å². The molecule has 0 aliphatic carbocycles. The van der Waals surface area contributed by atoms with E-state index in [2.05, 4.69) is 39.0 Å². The fraction of sp³-hybridized carbons (Fsp3) is 0.167. The molecule has 1 heterocycles. The summed E-state index contributed by atoms with van der Waals surface area (Å²) in [5.41, 5.74) is 2.21. The van der Waals surface area contributed by atoms with Crippen LogP contribution in [0.4, 0.5) is 5.69 Å². The highest BCUT2D eigenvalue weighted by atomic mass is 127. The number of nitriles is 1. The van der Waals surface area contributed by atoms with E-state index in [0.29, 0.717) is 10.6 Å². The largest absolute Gasteiger partial charge is 0.384 e. The van der Waals surface area contributed by atoms with Crippen molar-refractivity contribution in [2.75, 3.05) is 11.9 Å². The van der Waals surface area contributed by atoms with Crippen molar-refractivity contribution in [3.05, 3.63) is 32.5 Å². The Labute approximate surface area is 118 Å². The summed E-state index contributed by atoms with van der Waals surface area (Å²) in [6, 6.07) is 5.84. The molecular formula is C12H9ClIN3. The van der Waals surface area contributed by atoms with Gasteiger partial charge >= 0.3 is 0 Å². The minimum Gasteiger partial charge on any atom is -0.384 e. The van der Waals surface area contributed by atoms with Crippen LogP contribution >= 0.6 is 34.2 Å². The van der Waals surface area contributed by atoms with E-state index in [1.165, 1.54) is 0 Å². The van der Waals surface area contributed by atoms with Crippen LogP contribution in [0.5, 0.6) is 0 Å². The van der Waals surface area contributed by atoms with E-state index in [-0.39, 0.29) is 0 Å². The monoisotopic (exact) mass is 357 g/mol. The Balaban J connectivity index is 2.84. The first-order valence-electron chi connectivity index (χ1n) is 5.09. The number of benzene rings is 1. The van der Waals surface area contributed by atoms with E-state index in [4.69, 9.17) is 16.9 Å². The van der Waals surface area contributed by atoms with E-state index < -0.39 is 0 Å². The Morgan fingerprint density at radius 2 is 2.29 bits per heavy atom. The summed E-state index contributed by atoms with van der Waals surface area (Å²) in [5.74, 6) is 0. The van der Waals surface area contributed by atoms with Crippen LogP contribution in [0, 0.1) is 14.9 Å². The van der Waals surface area contributed by atoms with Crippen molar-refractivity contribution in [1.29, 1.82) is 5.26 Å². The zero-order valence-electron chi connectivity index (χ0n) is 9.09.